The standard InChI is InChI=1S/C48H66F3N9O7S/c1-6-16-47(5,52-30-68)56-43(65)39-25-36(62)27-59(39)44(66)41(46(2,3)4)54-40(63)29-67-22-21-57-17-19-58(20-18-57)26-32-12-15-38-37(23-32)53-45(60(38)35-13-10-31(28-61)11-14-35)55-42(64)33-8-7-9-34(24-33)48(49,50)51/h6-9,12,15-16,23-24,30-31,35-36,39,41,61-62H,10-11,13-14,17-22,25-29H2,1-5H3,(H,52,68)(H,54,63)(H,56,65)(H,53,55,64)/b16-6-/t31?,35?,36-,39+,41-,47?/m1/s1. The van der Waals surface area contributed by atoms with Crippen LogP contribution in [0.5, 0.6) is 0 Å². The third-order valence-corrected chi connectivity index (χ3v) is 13.2. The summed E-state index contributed by atoms with van der Waals surface area (Å²) in [5.74, 6) is -1.65. The number of hydrogen-bond donors (Lipinski definition) is 6. The molecule has 3 aromatic rings. The summed E-state index contributed by atoms with van der Waals surface area (Å²) in [5.41, 5.74) is 1.01. The van der Waals surface area contributed by atoms with Crippen LogP contribution in [-0.4, -0.2) is 147 Å². The van der Waals surface area contributed by atoms with Gasteiger partial charge in [0, 0.05) is 70.4 Å². The van der Waals surface area contributed by atoms with Gasteiger partial charge in [0.15, 0.2) is 0 Å². The number of imidazole rings is 1. The summed E-state index contributed by atoms with van der Waals surface area (Å²) in [4.78, 5) is 64.8. The Bertz CT molecular complexity index is 2290. The van der Waals surface area contributed by atoms with Gasteiger partial charge in [0.1, 0.15) is 24.4 Å². The molecule has 0 spiro atoms. The molecule has 1 unspecified atom stereocenters. The summed E-state index contributed by atoms with van der Waals surface area (Å²) in [6.45, 7) is 13.4. The van der Waals surface area contributed by atoms with Gasteiger partial charge in [-0.1, -0.05) is 51.2 Å². The summed E-state index contributed by atoms with van der Waals surface area (Å²) in [6.07, 6.45) is 1.13. The molecule has 2 aliphatic heterocycles. The molecule has 6 N–H and O–H groups in total. The molecule has 68 heavy (non-hydrogen) atoms. The number of allylic oxidation sites excluding steroid dienone is 1. The predicted molar refractivity (Wildman–Crippen MR) is 255 cm³/mol. The molecule has 0 radical (unpaired) electrons. The average molecular weight is 970 g/mol. The number of benzene rings is 2. The molecular weight excluding hydrogens is 904 g/mol. The number of nitrogens with zero attached hydrogens (tertiary/aromatic N) is 5. The van der Waals surface area contributed by atoms with Crippen LogP contribution >= 0.6 is 12.2 Å². The number of fused-ring (bicyclic) bond motifs is 1. The van der Waals surface area contributed by atoms with Crippen molar-refractivity contribution in [2.24, 2.45) is 11.3 Å². The highest BCUT2D eigenvalue weighted by Gasteiger charge is 2.45. The summed E-state index contributed by atoms with van der Waals surface area (Å²) in [7, 11) is 0. The zero-order valence-electron chi connectivity index (χ0n) is 39.5. The van der Waals surface area contributed by atoms with E-state index in [9.17, 15) is 42.6 Å². The van der Waals surface area contributed by atoms with E-state index in [4.69, 9.17) is 21.9 Å². The average Bonchev–Trinajstić information content (AvgIpc) is 3.86. The van der Waals surface area contributed by atoms with E-state index in [1.54, 1.807) is 26.0 Å². The van der Waals surface area contributed by atoms with Gasteiger partial charge in [-0.3, -0.25) is 34.3 Å². The van der Waals surface area contributed by atoms with Crippen molar-refractivity contribution in [1.29, 1.82) is 0 Å². The number of likely N-dealkylation sites (tertiary alicyclic amines) is 1. The van der Waals surface area contributed by atoms with E-state index in [2.05, 4.69) is 31.1 Å². The van der Waals surface area contributed by atoms with E-state index in [0.29, 0.717) is 18.6 Å². The Morgan fingerprint density at radius 1 is 0.985 bits per heavy atom. The van der Waals surface area contributed by atoms with Gasteiger partial charge in [0.2, 0.25) is 23.7 Å². The van der Waals surface area contributed by atoms with Gasteiger partial charge in [0.25, 0.3) is 5.91 Å². The molecule has 1 aliphatic carbocycles. The Kier molecular flexibility index (Phi) is 17.4. The number of alkyl halides is 3. The molecule has 16 nitrogen and oxygen atoms in total. The molecule has 3 aliphatic rings. The van der Waals surface area contributed by atoms with Crippen molar-refractivity contribution in [3.8, 4) is 0 Å². The zero-order chi connectivity index (χ0) is 49.4. The fraction of sp³-hybridized carbons (Fsp3) is 0.583. The van der Waals surface area contributed by atoms with Gasteiger partial charge < -0.3 is 40.4 Å². The van der Waals surface area contributed by atoms with Gasteiger partial charge >= 0.3 is 6.18 Å². The number of aliphatic hydroxyl groups excluding tert-OH is 2. The summed E-state index contributed by atoms with van der Waals surface area (Å²) < 4.78 is 48.1. The van der Waals surface area contributed by atoms with Crippen LogP contribution in [0.4, 0.5) is 19.1 Å². The number of aromatic nitrogens is 2. The van der Waals surface area contributed by atoms with E-state index in [0.717, 1.165) is 75.1 Å². The number of β-amino-alcohol motifs (C(OH)–C–C–N with tert-alkyl or cyclic N) is 1. The lowest BCUT2D eigenvalue weighted by Crippen LogP contribution is -2.61. The molecule has 372 valence electrons. The first-order valence-corrected chi connectivity index (χ1v) is 23.8. The number of halogens is 3. The van der Waals surface area contributed by atoms with E-state index in [1.807, 2.05) is 43.5 Å². The molecule has 1 aromatic heterocycles. The molecule has 4 atom stereocenters. The summed E-state index contributed by atoms with van der Waals surface area (Å²) >= 11 is 4.94. The normalized spacial score (nSPS) is 22.2. The zero-order valence-corrected chi connectivity index (χ0v) is 40.3. The maximum absolute atomic E-state index is 14.0. The highest BCUT2D eigenvalue weighted by atomic mass is 32.1. The Balaban J connectivity index is 1.00. The number of aliphatic hydroxyl groups is 2. The summed E-state index contributed by atoms with van der Waals surface area (Å²) in [5, 5.41) is 31.7. The van der Waals surface area contributed by atoms with Crippen LogP contribution in [0.1, 0.15) is 94.2 Å². The van der Waals surface area contributed by atoms with E-state index >= 15 is 0 Å². The van der Waals surface area contributed by atoms with Crippen LogP contribution in [0.25, 0.3) is 11.0 Å². The van der Waals surface area contributed by atoms with Crippen molar-refractivity contribution in [2.45, 2.75) is 109 Å². The molecule has 4 amide bonds. The van der Waals surface area contributed by atoms with E-state index in [-0.39, 0.29) is 56.3 Å². The molecule has 20 heteroatoms. The minimum Gasteiger partial charge on any atom is -0.396 e. The fourth-order valence-corrected chi connectivity index (χ4v) is 9.57. The Hall–Kier alpha value is -4.99. The van der Waals surface area contributed by atoms with Crippen LogP contribution < -0.4 is 21.3 Å². The second kappa shape index (κ2) is 22.6. The predicted octanol–water partition coefficient (Wildman–Crippen LogP) is 4.61. The van der Waals surface area contributed by atoms with Crippen LogP contribution in [0, 0.1) is 11.3 Å². The topological polar surface area (TPSA) is 194 Å². The molecule has 6 rings (SSSR count). The van der Waals surface area contributed by atoms with Crippen molar-refractivity contribution in [3.63, 3.8) is 0 Å². The lowest BCUT2D eigenvalue weighted by molar-refractivity contribution is -0.145. The highest BCUT2D eigenvalue weighted by molar-refractivity contribution is 7.78. The van der Waals surface area contributed by atoms with Gasteiger partial charge in [-0.25, -0.2) is 4.98 Å². The van der Waals surface area contributed by atoms with Crippen LogP contribution in [0.3, 0.4) is 0 Å². The second-order valence-corrected chi connectivity index (χ2v) is 19.6. The number of amides is 4. The fourth-order valence-electron chi connectivity index (χ4n) is 9.33. The molecule has 2 aromatic carbocycles. The van der Waals surface area contributed by atoms with Crippen molar-refractivity contribution < 1.29 is 47.3 Å². The van der Waals surface area contributed by atoms with Crippen molar-refractivity contribution in [3.05, 3.63) is 71.3 Å². The van der Waals surface area contributed by atoms with Gasteiger partial charge in [-0.2, -0.15) is 13.2 Å². The number of nitrogens with one attached hydrogen (secondary N) is 4. The largest absolute Gasteiger partial charge is 0.416 e. The number of rotatable bonds is 18. The smallest absolute Gasteiger partial charge is 0.396 e. The van der Waals surface area contributed by atoms with E-state index in [1.165, 1.54) is 22.5 Å². The quantitative estimate of drug-likeness (QED) is 0.0450. The molecule has 0 bridgehead atoms. The number of carbonyl (C=O) groups is 4. The minimum atomic E-state index is -4.59. The van der Waals surface area contributed by atoms with E-state index < -0.39 is 64.6 Å². The monoisotopic (exact) mass is 969 g/mol. The molecule has 2 saturated heterocycles. The third-order valence-electron chi connectivity index (χ3n) is 13.1. The highest BCUT2D eigenvalue weighted by Crippen LogP contribution is 2.37. The minimum absolute atomic E-state index is 0.0166. The summed E-state index contributed by atoms with van der Waals surface area (Å²) in [6, 6.07) is 8.34. The number of piperazine rings is 1. The van der Waals surface area contributed by atoms with Gasteiger partial charge in [-0.05, 0) is 92.8 Å². The van der Waals surface area contributed by atoms with Crippen molar-refractivity contribution in [2.75, 3.05) is 64.4 Å². The number of ether oxygens (including phenoxy) is 1. The first-order chi connectivity index (χ1) is 32.2. The van der Waals surface area contributed by atoms with Gasteiger partial charge in [-0.15, -0.1) is 0 Å². The molecular formula is C48H66F3N9O7S. The second-order valence-electron chi connectivity index (χ2n) is 19.4. The number of thiocarbonyl (C=S) groups is 1. The van der Waals surface area contributed by atoms with Crippen molar-refractivity contribution in [1.82, 2.24) is 40.2 Å². The Morgan fingerprint density at radius 2 is 1.69 bits per heavy atom. The van der Waals surface area contributed by atoms with Gasteiger partial charge in [0.05, 0.1) is 34.8 Å². The Morgan fingerprint density at radius 3 is 2.34 bits per heavy atom. The Labute approximate surface area is 401 Å². The van der Waals surface area contributed by atoms with Crippen LogP contribution in [0.2, 0.25) is 0 Å². The lowest BCUT2D eigenvalue weighted by atomic mass is 9.85. The molecule has 3 heterocycles. The van der Waals surface area contributed by atoms with Crippen molar-refractivity contribution >= 4 is 58.3 Å². The number of carbonyl (C=O) groups excluding carboxylic acids is 4. The molecule has 3 fully saturated rings. The SMILES string of the molecule is C/C=C\C(C)(NC=S)NC(=O)[C@@H]1C[C@@H](O)CN1C(=O)[C@@H](NC(=O)COCCN1CCN(Cc2ccc3c(c2)nc(NC(=O)c2cccc(C(F)(F)F)c2)n3C2CCC(CO)CC2)CC1)C(C)(C)C. The maximum Gasteiger partial charge on any atom is 0.416 e. The first-order valence-electron chi connectivity index (χ1n) is 23.3. The lowest BCUT2D eigenvalue weighted by Gasteiger charge is -2.36. The molecule has 1 saturated carbocycles. The van der Waals surface area contributed by atoms with Crippen LogP contribution in [-0.2, 0) is 31.8 Å². The third kappa shape index (κ3) is 13.4. The number of anilines is 1. The number of hydrogen-bond acceptors (Lipinski definition) is 11. The first kappa shape index (κ1) is 52.4. The van der Waals surface area contributed by atoms with Crippen LogP contribution in [0.15, 0.2) is 54.6 Å². The maximum atomic E-state index is 14.0.